The number of hydrogen-bond acceptors (Lipinski definition) is 8. The molecule has 0 radical (unpaired) electrons. The van der Waals surface area contributed by atoms with Crippen LogP contribution in [0.5, 0.6) is 0 Å². The Hall–Kier alpha value is -5.14. The van der Waals surface area contributed by atoms with Crippen molar-refractivity contribution < 1.29 is 28.3 Å². The van der Waals surface area contributed by atoms with Crippen molar-refractivity contribution >= 4 is 34.6 Å². The second kappa shape index (κ2) is 11.4. The molecule has 1 fully saturated rings. The summed E-state index contributed by atoms with van der Waals surface area (Å²) < 4.78 is 21.5. The molecule has 1 aliphatic rings. The van der Waals surface area contributed by atoms with Crippen LogP contribution >= 0.6 is 0 Å². The lowest BCUT2D eigenvalue weighted by molar-refractivity contribution is -0.139. The number of halogens is 1. The molecule has 1 aliphatic heterocycles. The van der Waals surface area contributed by atoms with Crippen LogP contribution < -0.4 is 5.32 Å². The molecule has 0 spiro atoms. The number of nitrogens with one attached hydrogen (secondary N) is 2. The number of pyridine rings is 1. The minimum Gasteiger partial charge on any atom is -0.444 e. The van der Waals surface area contributed by atoms with Gasteiger partial charge in [0.15, 0.2) is 11.6 Å². The van der Waals surface area contributed by atoms with Gasteiger partial charge in [0.25, 0.3) is 11.7 Å². The fourth-order valence-corrected chi connectivity index (χ4v) is 4.70. The third-order valence-corrected chi connectivity index (χ3v) is 6.64. The van der Waals surface area contributed by atoms with Gasteiger partial charge in [-0.15, -0.1) is 5.10 Å². The number of carbonyl (C=O) groups is 4. The van der Waals surface area contributed by atoms with Crippen molar-refractivity contribution in [3.63, 3.8) is 0 Å². The van der Waals surface area contributed by atoms with E-state index in [9.17, 15) is 23.6 Å². The van der Waals surface area contributed by atoms with Crippen molar-refractivity contribution in [3.8, 4) is 5.82 Å². The van der Waals surface area contributed by atoms with Gasteiger partial charge < -0.3 is 24.8 Å². The third-order valence-electron chi connectivity index (χ3n) is 6.64. The van der Waals surface area contributed by atoms with Gasteiger partial charge in [-0.2, -0.15) is 0 Å². The van der Waals surface area contributed by atoms with E-state index in [1.807, 2.05) is 0 Å². The summed E-state index contributed by atoms with van der Waals surface area (Å²) in [7, 11) is 0. The van der Waals surface area contributed by atoms with Gasteiger partial charge in [-0.05, 0) is 26.3 Å². The highest BCUT2D eigenvalue weighted by Crippen LogP contribution is 2.26. The lowest BCUT2D eigenvalue weighted by Crippen LogP contribution is -2.54. The van der Waals surface area contributed by atoms with Crippen molar-refractivity contribution in [3.05, 3.63) is 72.1 Å². The van der Waals surface area contributed by atoms with Gasteiger partial charge in [0.05, 0.1) is 35.1 Å². The van der Waals surface area contributed by atoms with E-state index in [2.05, 4.69) is 25.6 Å². The number of alkyl carbamates (subject to hydrolysis) is 1. The van der Waals surface area contributed by atoms with Gasteiger partial charge >= 0.3 is 6.09 Å². The maximum Gasteiger partial charge on any atom is 0.408 e. The number of aromatic nitrogens is 5. The van der Waals surface area contributed by atoms with Crippen LogP contribution in [0.1, 0.15) is 42.7 Å². The van der Waals surface area contributed by atoms with Crippen molar-refractivity contribution in [2.24, 2.45) is 0 Å². The number of piperazine rings is 1. The molecule has 0 unspecified atom stereocenters. The topological polar surface area (TPSA) is 155 Å². The van der Waals surface area contributed by atoms with Crippen LogP contribution in [0.4, 0.5) is 9.18 Å². The molecule has 14 heteroatoms. The van der Waals surface area contributed by atoms with E-state index < -0.39 is 35.2 Å². The van der Waals surface area contributed by atoms with Crippen LogP contribution in [0.15, 0.2) is 55.1 Å². The summed E-state index contributed by atoms with van der Waals surface area (Å²) in [6, 6.07) is 7.75. The Morgan fingerprint density at radius 3 is 2.38 bits per heavy atom. The predicted molar refractivity (Wildman–Crippen MR) is 147 cm³/mol. The monoisotopic (exact) mass is 576 g/mol. The first-order chi connectivity index (χ1) is 20.0. The van der Waals surface area contributed by atoms with Crippen molar-refractivity contribution in [1.82, 2.24) is 40.1 Å². The summed E-state index contributed by atoms with van der Waals surface area (Å²) in [5.41, 5.74) is -0.130. The highest BCUT2D eigenvalue weighted by Gasteiger charge is 2.34. The largest absolute Gasteiger partial charge is 0.444 e. The SMILES string of the molecule is CC(C)(C)OC(=O)N[C@@H](C(=O)N1CCN(C(=O)C(=O)c2c[nH]c3c(-n4ccnn4)ncc(F)c23)CC1)c1ccccc1. The lowest BCUT2D eigenvalue weighted by atomic mass is 10.0. The quantitative estimate of drug-likeness (QED) is 0.262. The molecular weight excluding hydrogens is 547 g/mol. The molecule has 0 aliphatic carbocycles. The van der Waals surface area contributed by atoms with E-state index in [4.69, 9.17) is 4.74 Å². The zero-order chi connectivity index (χ0) is 30.0. The van der Waals surface area contributed by atoms with Gasteiger partial charge in [0, 0.05) is 32.4 Å². The van der Waals surface area contributed by atoms with Crippen LogP contribution in [0.25, 0.3) is 16.7 Å². The molecule has 2 N–H and O–H groups in total. The molecule has 0 bridgehead atoms. The Balaban J connectivity index is 1.29. The first kappa shape index (κ1) is 28.4. The third kappa shape index (κ3) is 5.82. The first-order valence-corrected chi connectivity index (χ1v) is 13.2. The summed E-state index contributed by atoms with van der Waals surface area (Å²) in [6.07, 6.45) is 4.42. The number of aromatic amines is 1. The van der Waals surface area contributed by atoms with Crippen molar-refractivity contribution in [2.75, 3.05) is 26.2 Å². The average molecular weight is 577 g/mol. The molecule has 1 saturated heterocycles. The molecular formula is C28H29FN8O5. The number of fused-ring (bicyclic) bond motifs is 1. The maximum absolute atomic E-state index is 14.8. The number of H-pyrrole nitrogens is 1. The Morgan fingerprint density at radius 2 is 1.74 bits per heavy atom. The van der Waals surface area contributed by atoms with Crippen molar-refractivity contribution in [2.45, 2.75) is 32.4 Å². The number of amides is 3. The summed E-state index contributed by atoms with van der Waals surface area (Å²) in [4.78, 5) is 62.2. The van der Waals surface area contributed by atoms with Gasteiger partial charge in [0.1, 0.15) is 11.6 Å². The predicted octanol–water partition coefficient (Wildman–Crippen LogP) is 2.40. The highest BCUT2D eigenvalue weighted by molar-refractivity contribution is 6.45. The highest BCUT2D eigenvalue weighted by atomic mass is 19.1. The first-order valence-electron chi connectivity index (χ1n) is 13.2. The molecule has 42 heavy (non-hydrogen) atoms. The summed E-state index contributed by atoms with van der Waals surface area (Å²) in [5.74, 6) is -2.66. The maximum atomic E-state index is 14.8. The normalized spacial score (nSPS) is 14.5. The van der Waals surface area contributed by atoms with E-state index >= 15 is 0 Å². The number of hydrogen-bond donors (Lipinski definition) is 2. The molecule has 3 aromatic heterocycles. The fraction of sp³-hybridized carbons (Fsp3) is 0.321. The zero-order valence-corrected chi connectivity index (χ0v) is 23.2. The molecule has 3 amide bonds. The molecule has 0 saturated carbocycles. The Kier molecular flexibility index (Phi) is 7.70. The number of Topliss-reactive ketones (excluding diaryl/α,β-unsaturated/α-hetero) is 1. The zero-order valence-electron chi connectivity index (χ0n) is 23.2. The van der Waals surface area contributed by atoms with Gasteiger partial charge in [-0.25, -0.2) is 18.9 Å². The number of nitrogens with zero attached hydrogens (tertiary/aromatic N) is 6. The van der Waals surface area contributed by atoms with E-state index in [0.29, 0.717) is 5.56 Å². The number of benzene rings is 1. The van der Waals surface area contributed by atoms with Gasteiger partial charge in [-0.3, -0.25) is 14.4 Å². The molecule has 1 aromatic carbocycles. The van der Waals surface area contributed by atoms with E-state index in [0.717, 1.165) is 6.20 Å². The smallest absolute Gasteiger partial charge is 0.408 e. The van der Waals surface area contributed by atoms with Crippen LogP contribution in [0, 0.1) is 5.82 Å². The lowest BCUT2D eigenvalue weighted by Gasteiger charge is -2.36. The Morgan fingerprint density at radius 1 is 1.05 bits per heavy atom. The summed E-state index contributed by atoms with van der Waals surface area (Å²) in [5, 5.41) is 10.1. The van der Waals surface area contributed by atoms with Crippen LogP contribution in [-0.4, -0.2) is 90.2 Å². The molecule has 5 rings (SSSR count). The van der Waals surface area contributed by atoms with Crippen LogP contribution in [0.3, 0.4) is 0 Å². The van der Waals surface area contributed by atoms with E-state index in [-0.39, 0.29) is 54.4 Å². The summed E-state index contributed by atoms with van der Waals surface area (Å²) >= 11 is 0. The average Bonchev–Trinajstić information content (AvgIpc) is 3.66. The van der Waals surface area contributed by atoms with Gasteiger partial charge in [-0.1, -0.05) is 35.5 Å². The van der Waals surface area contributed by atoms with Crippen LogP contribution in [0.2, 0.25) is 0 Å². The standard InChI is InChI=1S/C28H29FN8O5/c1-28(2,3)42-27(41)33-21(17-7-5-4-6-8-17)25(39)35-11-13-36(14-12-35)26(40)23(38)18-15-30-22-20(18)19(29)16-31-24(22)37-10-9-32-34-37/h4-10,15-16,21,30H,11-14H2,1-3H3,(H,33,41)/t21-/m1/s1. The molecule has 13 nitrogen and oxygen atoms in total. The molecule has 4 heterocycles. The summed E-state index contributed by atoms with van der Waals surface area (Å²) in [6.45, 7) is 5.56. The number of ketones is 1. The second-order valence-electron chi connectivity index (χ2n) is 10.7. The number of carbonyl (C=O) groups excluding carboxylic acids is 4. The minimum atomic E-state index is -1.01. The van der Waals surface area contributed by atoms with Gasteiger partial charge in [0.2, 0.25) is 5.91 Å². The van der Waals surface area contributed by atoms with E-state index in [1.165, 1.54) is 33.1 Å². The van der Waals surface area contributed by atoms with Crippen molar-refractivity contribution in [1.29, 1.82) is 0 Å². The molecule has 1 atom stereocenters. The second-order valence-corrected chi connectivity index (χ2v) is 10.7. The molecule has 218 valence electrons. The van der Waals surface area contributed by atoms with Crippen LogP contribution in [-0.2, 0) is 14.3 Å². The Bertz CT molecular complexity index is 1620. The fourth-order valence-electron chi connectivity index (χ4n) is 4.70. The molecule has 4 aromatic rings. The van der Waals surface area contributed by atoms with E-state index in [1.54, 1.807) is 51.1 Å². The minimum absolute atomic E-state index is 0.0703. The number of ether oxygens (including phenoxy) is 1. The number of rotatable bonds is 6. The Labute approximate surface area is 239 Å².